The largest absolute Gasteiger partial charge is 0.491 e. The topological polar surface area (TPSA) is 38.5 Å². The number of benzene rings is 1. The summed E-state index contributed by atoms with van der Waals surface area (Å²) in [5.74, 6) is 0.561. The van der Waals surface area contributed by atoms with Gasteiger partial charge in [-0.25, -0.2) is 4.39 Å². The molecule has 1 aromatic carbocycles. The van der Waals surface area contributed by atoms with Crippen molar-refractivity contribution >= 4 is 0 Å². The van der Waals surface area contributed by atoms with Crippen molar-refractivity contribution in [1.82, 2.24) is 4.90 Å². The second kappa shape index (κ2) is 5.88. The van der Waals surface area contributed by atoms with Crippen LogP contribution in [-0.4, -0.2) is 31.6 Å². The summed E-state index contributed by atoms with van der Waals surface area (Å²) in [6.07, 6.45) is 2.02. The van der Waals surface area contributed by atoms with Gasteiger partial charge in [0.1, 0.15) is 0 Å². The molecule has 4 heteroatoms. The van der Waals surface area contributed by atoms with Crippen LogP contribution in [0.2, 0.25) is 0 Å². The summed E-state index contributed by atoms with van der Waals surface area (Å²) in [6.45, 7) is 2.33. The molecule has 1 aliphatic rings. The van der Waals surface area contributed by atoms with Crippen LogP contribution in [0.5, 0.6) is 5.75 Å². The van der Waals surface area contributed by atoms with Crippen LogP contribution in [-0.2, 0) is 0 Å². The second-order valence-corrected chi connectivity index (χ2v) is 5.52. The van der Waals surface area contributed by atoms with Gasteiger partial charge in [-0.3, -0.25) is 0 Å². The lowest BCUT2D eigenvalue weighted by Gasteiger charge is -2.41. The Morgan fingerprint density at radius 1 is 1.42 bits per heavy atom. The van der Waals surface area contributed by atoms with Gasteiger partial charge in [0.25, 0.3) is 0 Å². The highest BCUT2D eigenvalue weighted by molar-refractivity contribution is 5.31. The number of nitrogens with zero attached hydrogens (tertiary/aromatic N) is 1. The van der Waals surface area contributed by atoms with E-state index in [-0.39, 0.29) is 11.9 Å². The molecule has 1 aromatic rings. The molecule has 1 aliphatic carbocycles. The Labute approximate surface area is 114 Å². The lowest BCUT2D eigenvalue weighted by Crippen LogP contribution is -2.43. The summed E-state index contributed by atoms with van der Waals surface area (Å²) in [6, 6.07) is 5.82. The van der Waals surface area contributed by atoms with Crippen LogP contribution in [0.15, 0.2) is 18.2 Å². The van der Waals surface area contributed by atoms with Crippen molar-refractivity contribution < 1.29 is 9.13 Å². The minimum Gasteiger partial charge on any atom is -0.491 e. The molecule has 1 atom stereocenters. The Morgan fingerprint density at radius 3 is 2.58 bits per heavy atom. The minimum absolute atomic E-state index is 0.227. The van der Waals surface area contributed by atoms with Crippen molar-refractivity contribution in [3.05, 3.63) is 29.6 Å². The molecule has 0 bridgehead atoms. The maximum atomic E-state index is 14.0. The van der Waals surface area contributed by atoms with E-state index < -0.39 is 0 Å². The van der Waals surface area contributed by atoms with E-state index in [1.807, 2.05) is 27.1 Å². The number of ether oxygens (including phenoxy) is 1. The molecular weight excluding hydrogens is 243 g/mol. The van der Waals surface area contributed by atoms with Gasteiger partial charge in [0.2, 0.25) is 0 Å². The zero-order valence-electron chi connectivity index (χ0n) is 11.9. The van der Waals surface area contributed by atoms with Crippen molar-refractivity contribution in [3.63, 3.8) is 0 Å². The Kier molecular flexibility index (Phi) is 4.42. The summed E-state index contributed by atoms with van der Waals surface area (Å²) in [5, 5.41) is 0. The molecule has 3 nitrogen and oxygen atoms in total. The first-order valence-corrected chi connectivity index (χ1v) is 6.87. The Hall–Kier alpha value is -1.13. The highest BCUT2D eigenvalue weighted by atomic mass is 19.1. The van der Waals surface area contributed by atoms with Gasteiger partial charge in [0.15, 0.2) is 11.6 Å². The third kappa shape index (κ3) is 3.07. The van der Waals surface area contributed by atoms with Crippen molar-refractivity contribution in [2.45, 2.75) is 31.8 Å². The quantitative estimate of drug-likeness (QED) is 0.890. The fraction of sp³-hybridized carbons (Fsp3) is 0.600. The average Bonchev–Trinajstić information content (AvgIpc) is 2.30. The normalized spacial score (nSPS) is 24.1. The van der Waals surface area contributed by atoms with Gasteiger partial charge in [-0.2, -0.15) is 0 Å². The predicted molar refractivity (Wildman–Crippen MR) is 74.7 cm³/mol. The first-order valence-electron chi connectivity index (χ1n) is 6.87. The molecule has 0 aliphatic heterocycles. The molecule has 1 unspecified atom stereocenters. The second-order valence-electron chi connectivity index (χ2n) is 5.52. The van der Waals surface area contributed by atoms with Crippen molar-refractivity contribution in [2.24, 2.45) is 11.7 Å². The van der Waals surface area contributed by atoms with Gasteiger partial charge in [-0.1, -0.05) is 6.07 Å². The van der Waals surface area contributed by atoms with E-state index in [9.17, 15) is 4.39 Å². The maximum absolute atomic E-state index is 14.0. The first kappa shape index (κ1) is 14.3. The molecule has 2 rings (SSSR count). The zero-order chi connectivity index (χ0) is 14.0. The lowest BCUT2D eigenvalue weighted by molar-refractivity contribution is 0.123. The third-order valence-corrected chi connectivity index (χ3v) is 3.81. The molecule has 0 aromatic heterocycles. The highest BCUT2D eigenvalue weighted by Crippen LogP contribution is 2.40. The predicted octanol–water partition coefficient (Wildman–Crippen LogP) is 2.56. The van der Waals surface area contributed by atoms with Crippen LogP contribution >= 0.6 is 0 Å². The third-order valence-electron chi connectivity index (χ3n) is 3.81. The van der Waals surface area contributed by atoms with Crippen LogP contribution < -0.4 is 10.5 Å². The Balaban J connectivity index is 2.20. The molecule has 1 fully saturated rings. The number of nitrogens with two attached hydrogens (primary N) is 1. The summed E-state index contributed by atoms with van der Waals surface area (Å²) < 4.78 is 19.2. The van der Waals surface area contributed by atoms with Crippen LogP contribution in [0.25, 0.3) is 0 Å². The average molecular weight is 266 g/mol. The van der Waals surface area contributed by atoms with E-state index in [2.05, 4.69) is 4.90 Å². The van der Waals surface area contributed by atoms with E-state index in [1.54, 1.807) is 12.1 Å². The first-order chi connectivity index (χ1) is 9.02. The fourth-order valence-electron chi connectivity index (χ4n) is 2.93. The highest BCUT2D eigenvalue weighted by Gasteiger charge is 2.35. The lowest BCUT2D eigenvalue weighted by atomic mass is 9.73. The molecular formula is C15H23FN2O. The Bertz CT molecular complexity index is 430. The number of hydrogen-bond acceptors (Lipinski definition) is 3. The van der Waals surface area contributed by atoms with Gasteiger partial charge in [-0.15, -0.1) is 0 Å². The molecule has 0 saturated heterocycles. The SMILES string of the molecule is CCOc1ccc(C(C2CC(N)C2)N(C)C)cc1F. The van der Waals surface area contributed by atoms with Crippen LogP contribution in [0, 0.1) is 11.7 Å². The monoisotopic (exact) mass is 266 g/mol. The summed E-state index contributed by atoms with van der Waals surface area (Å²) in [4.78, 5) is 2.14. The van der Waals surface area contributed by atoms with Crippen LogP contribution in [0.4, 0.5) is 4.39 Å². The molecule has 2 N–H and O–H groups in total. The molecule has 0 spiro atoms. The van der Waals surface area contributed by atoms with Gasteiger partial charge in [0, 0.05) is 12.1 Å². The fourth-order valence-corrected chi connectivity index (χ4v) is 2.93. The van der Waals surface area contributed by atoms with E-state index in [0.717, 1.165) is 18.4 Å². The number of halogens is 1. The maximum Gasteiger partial charge on any atom is 0.165 e. The van der Waals surface area contributed by atoms with Crippen molar-refractivity contribution in [3.8, 4) is 5.75 Å². The van der Waals surface area contributed by atoms with Crippen LogP contribution in [0.3, 0.4) is 0 Å². The van der Waals surface area contributed by atoms with Gasteiger partial charge in [0.05, 0.1) is 6.61 Å². The van der Waals surface area contributed by atoms with Crippen molar-refractivity contribution in [2.75, 3.05) is 20.7 Å². The van der Waals surface area contributed by atoms with Crippen molar-refractivity contribution in [1.29, 1.82) is 0 Å². The van der Waals surface area contributed by atoms with Gasteiger partial charge >= 0.3 is 0 Å². The molecule has 19 heavy (non-hydrogen) atoms. The van der Waals surface area contributed by atoms with Gasteiger partial charge in [-0.05, 0) is 57.5 Å². The molecule has 0 amide bonds. The molecule has 1 saturated carbocycles. The van der Waals surface area contributed by atoms with E-state index in [1.165, 1.54) is 0 Å². The van der Waals surface area contributed by atoms with E-state index in [4.69, 9.17) is 10.5 Å². The summed E-state index contributed by atoms with van der Waals surface area (Å²) in [7, 11) is 4.06. The van der Waals surface area contributed by atoms with E-state index >= 15 is 0 Å². The van der Waals surface area contributed by atoms with E-state index in [0.29, 0.717) is 24.3 Å². The summed E-state index contributed by atoms with van der Waals surface area (Å²) in [5.41, 5.74) is 6.87. The Morgan fingerprint density at radius 2 is 2.11 bits per heavy atom. The van der Waals surface area contributed by atoms with Gasteiger partial charge < -0.3 is 15.4 Å². The smallest absolute Gasteiger partial charge is 0.165 e. The molecule has 0 radical (unpaired) electrons. The molecule has 0 heterocycles. The molecule has 106 valence electrons. The zero-order valence-corrected chi connectivity index (χ0v) is 11.9. The number of rotatable bonds is 5. The minimum atomic E-state index is -0.283. The number of hydrogen-bond donors (Lipinski definition) is 1. The van der Waals surface area contributed by atoms with Crippen LogP contribution in [0.1, 0.15) is 31.4 Å². The standard InChI is InChI=1S/C15H23FN2O/c1-4-19-14-6-5-10(9-13(14)16)15(18(2)3)11-7-12(17)8-11/h5-6,9,11-12,15H,4,7-8,17H2,1-3H3. The summed E-state index contributed by atoms with van der Waals surface area (Å²) >= 11 is 0.